The SMILES string of the molecule is C=CCOc1ccccc1CNC(=NC)NCc1cc(OC)ccc1O.I. The van der Waals surface area contributed by atoms with E-state index in [-0.39, 0.29) is 29.7 Å². The van der Waals surface area contributed by atoms with Crippen molar-refractivity contribution in [1.82, 2.24) is 10.6 Å². The summed E-state index contributed by atoms with van der Waals surface area (Å²) in [4.78, 5) is 4.21. The van der Waals surface area contributed by atoms with E-state index in [1.807, 2.05) is 24.3 Å². The van der Waals surface area contributed by atoms with Gasteiger partial charge in [-0.3, -0.25) is 4.99 Å². The third-order valence-electron chi connectivity index (χ3n) is 3.73. The number of rotatable bonds is 8. The molecular formula is C20H26IN3O3. The maximum Gasteiger partial charge on any atom is 0.191 e. The van der Waals surface area contributed by atoms with Gasteiger partial charge in [-0.15, -0.1) is 24.0 Å². The summed E-state index contributed by atoms with van der Waals surface area (Å²) < 4.78 is 10.8. The third kappa shape index (κ3) is 7.01. The Balaban J connectivity index is 0.00000364. The maximum absolute atomic E-state index is 9.96. The Hall–Kier alpha value is -2.42. The van der Waals surface area contributed by atoms with Crippen molar-refractivity contribution >= 4 is 29.9 Å². The Morgan fingerprint density at radius 3 is 2.52 bits per heavy atom. The van der Waals surface area contributed by atoms with Gasteiger partial charge in [0.15, 0.2) is 5.96 Å². The molecular weight excluding hydrogens is 457 g/mol. The van der Waals surface area contributed by atoms with Crippen LogP contribution < -0.4 is 20.1 Å². The zero-order chi connectivity index (χ0) is 18.8. The maximum atomic E-state index is 9.96. The molecule has 0 saturated heterocycles. The molecule has 0 unspecified atom stereocenters. The number of halogens is 1. The average molecular weight is 483 g/mol. The standard InChI is InChI=1S/C20H25N3O3.HI/c1-4-11-26-19-8-6-5-7-15(19)13-22-20(21-2)23-14-16-12-17(25-3)9-10-18(16)24;/h4-10,12,24H,1,11,13-14H2,2-3H3,(H2,21,22,23);1H. The zero-order valence-corrected chi connectivity index (χ0v) is 17.9. The lowest BCUT2D eigenvalue weighted by Crippen LogP contribution is -2.36. The lowest BCUT2D eigenvalue weighted by molar-refractivity contribution is 0.358. The van der Waals surface area contributed by atoms with Gasteiger partial charge in [-0.2, -0.15) is 0 Å². The minimum Gasteiger partial charge on any atom is -0.508 e. The Kier molecular flexibility index (Phi) is 10.1. The van der Waals surface area contributed by atoms with Gasteiger partial charge in [0, 0.05) is 31.3 Å². The van der Waals surface area contributed by atoms with E-state index in [4.69, 9.17) is 9.47 Å². The monoisotopic (exact) mass is 483 g/mol. The van der Waals surface area contributed by atoms with Crippen LogP contribution in [-0.2, 0) is 13.1 Å². The molecule has 0 aliphatic rings. The number of aliphatic imine (C=N–C) groups is 1. The summed E-state index contributed by atoms with van der Waals surface area (Å²) in [6, 6.07) is 12.9. The van der Waals surface area contributed by atoms with Crippen molar-refractivity contribution in [2.24, 2.45) is 4.99 Å². The number of benzene rings is 2. The molecule has 0 spiro atoms. The van der Waals surface area contributed by atoms with Crippen molar-refractivity contribution in [3.63, 3.8) is 0 Å². The van der Waals surface area contributed by atoms with Crippen LogP contribution in [0.4, 0.5) is 0 Å². The van der Waals surface area contributed by atoms with E-state index in [1.54, 1.807) is 38.4 Å². The fourth-order valence-electron chi connectivity index (χ4n) is 2.35. The van der Waals surface area contributed by atoms with Crippen LogP contribution in [0.25, 0.3) is 0 Å². The number of methoxy groups -OCH3 is 1. The van der Waals surface area contributed by atoms with E-state index < -0.39 is 0 Å². The molecule has 3 N–H and O–H groups in total. The molecule has 27 heavy (non-hydrogen) atoms. The number of aromatic hydroxyl groups is 1. The molecule has 0 atom stereocenters. The Bertz CT molecular complexity index is 766. The van der Waals surface area contributed by atoms with E-state index in [2.05, 4.69) is 22.2 Å². The van der Waals surface area contributed by atoms with Gasteiger partial charge >= 0.3 is 0 Å². The molecule has 2 aromatic rings. The highest BCUT2D eigenvalue weighted by atomic mass is 127. The van der Waals surface area contributed by atoms with Crippen LogP contribution in [0, 0.1) is 0 Å². The van der Waals surface area contributed by atoms with Crippen molar-refractivity contribution in [1.29, 1.82) is 0 Å². The quantitative estimate of drug-likeness (QED) is 0.232. The molecule has 0 amide bonds. The fraction of sp³-hybridized carbons (Fsp3) is 0.250. The van der Waals surface area contributed by atoms with Gasteiger partial charge in [-0.05, 0) is 24.3 Å². The number of para-hydroxylation sites is 1. The van der Waals surface area contributed by atoms with E-state index >= 15 is 0 Å². The summed E-state index contributed by atoms with van der Waals surface area (Å²) in [7, 11) is 3.29. The molecule has 0 saturated carbocycles. The van der Waals surface area contributed by atoms with E-state index in [1.165, 1.54) is 0 Å². The number of hydrogen-bond donors (Lipinski definition) is 3. The topological polar surface area (TPSA) is 75.1 Å². The average Bonchev–Trinajstić information content (AvgIpc) is 2.68. The van der Waals surface area contributed by atoms with Gasteiger partial charge in [0.25, 0.3) is 0 Å². The zero-order valence-electron chi connectivity index (χ0n) is 15.6. The molecule has 0 heterocycles. The normalized spacial score (nSPS) is 10.5. The minimum atomic E-state index is 0. The highest BCUT2D eigenvalue weighted by Crippen LogP contribution is 2.22. The van der Waals surface area contributed by atoms with Crippen LogP contribution in [0.1, 0.15) is 11.1 Å². The molecule has 0 bridgehead atoms. The summed E-state index contributed by atoms with van der Waals surface area (Å²) in [5, 5.41) is 16.4. The first-order chi connectivity index (χ1) is 12.7. The van der Waals surface area contributed by atoms with Crippen molar-refractivity contribution in [3.8, 4) is 17.2 Å². The molecule has 0 fully saturated rings. The smallest absolute Gasteiger partial charge is 0.191 e. The van der Waals surface area contributed by atoms with Crippen LogP contribution in [0.5, 0.6) is 17.2 Å². The molecule has 7 heteroatoms. The van der Waals surface area contributed by atoms with Crippen molar-refractivity contribution in [2.75, 3.05) is 20.8 Å². The first-order valence-electron chi connectivity index (χ1n) is 8.30. The number of ether oxygens (including phenoxy) is 2. The number of nitrogens with one attached hydrogen (secondary N) is 2. The lowest BCUT2D eigenvalue weighted by Gasteiger charge is -2.15. The fourth-order valence-corrected chi connectivity index (χ4v) is 2.35. The molecule has 0 aromatic heterocycles. The summed E-state index contributed by atoms with van der Waals surface area (Å²) in [5.74, 6) is 2.32. The second-order valence-electron chi connectivity index (χ2n) is 5.48. The molecule has 2 aromatic carbocycles. The molecule has 146 valence electrons. The highest BCUT2D eigenvalue weighted by Gasteiger charge is 2.07. The number of hydrogen-bond acceptors (Lipinski definition) is 4. The molecule has 6 nitrogen and oxygen atoms in total. The van der Waals surface area contributed by atoms with Crippen LogP contribution >= 0.6 is 24.0 Å². The van der Waals surface area contributed by atoms with Crippen LogP contribution in [-0.4, -0.2) is 31.8 Å². The first kappa shape index (κ1) is 22.6. The highest BCUT2D eigenvalue weighted by molar-refractivity contribution is 14.0. The van der Waals surface area contributed by atoms with Gasteiger partial charge in [0.05, 0.1) is 7.11 Å². The second kappa shape index (κ2) is 12.1. The van der Waals surface area contributed by atoms with Crippen molar-refractivity contribution < 1.29 is 14.6 Å². The number of nitrogens with zero attached hydrogens (tertiary/aromatic N) is 1. The Morgan fingerprint density at radius 1 is 1.15 bits per heavy atom. The minimum absolute atomic E-state index is 0. The van der Waals surface area contributed by atoms with Crippen LogP contribution in [0.2, 0.25) is 0 Å². The number of phenolic OH excluding ortho intramolecular Hbond substituents is 1. The lowest BCUT2D eigenvalue weighted by atomic mass is 10.2. The third-order valence-corrected chi connectivity index (χ3v) is 3.73. The number of phenols is 1. The molecule has 0 radical (unpaired) electrons. The molecule has 2 rings (SSSR count). The predicted molar refractivity (Wildman–Crippen MR) is 119 cm³/mol. The molecule has 0 aliphatic carbocycles. The van der Waals surface area contributed by atoms with Crippen LogP contribution in [0.15, 0.2) is 60.1 Å². The van der Waals surface area contributed by atoms with E-state index in [9.17, 15) is 5.11 Å². The Labute approximate surface area is 177 Å². The van der Waals surface area contributed by atoms with Gasteiger partial charge in [0.1, 0.15) is 23.9 Å². The van der Waals surface area contributed by atoms with Gasteiger partial charge in [-0.25, -0.2) is 0 Å². The second-order valence-corrected chi connectivity index (χ2v) is 5.48. The molecule has 0 aliphatic heterocycles. The van der Waals surface area contributed by atoms with Gasteiger partial charge < -0.3 is 25.2 Å². The summed E-state index contributed by atoms with van der Waals surface area (Å²) in [6.45, 7) is 5.09. The largest absolute Gasteiger partial charge is 0.508 e. The van der Waals surface area contributed by atoms with E-state index in [0.717, 1.165) is 16.9 Å². The van der Waals surface area contributed by atoms with Crippen LogP contribution in [0.3, 0.4) is 0 Å². The Morgan fingerprint density at radius 2 is 1.85 bits per heavy atom. The summed E-state index contributed by atoms with van der Waals surface area (Å²) >= 11 is 0. The van der Waals surface area contributed by atoms with E-state index in [0.29, 0.717) is 31.4 Å². The van der Waals surface area contributed by atoms with Crippen molar-refractivity contribution in [3.05, 3.63) is 66.2 Å². The first-order valence-corrected chi connectivity index (χ1v) is 8.30. The summed E-state index contributed by atoms with van der Waals surface area (Å²) in [6.07, 6.45) is 1.71. The van der Waals surface area contributed by atoms with Crippen molar-refractivity contribution in [2.45, 2.75) is 13.1 Å². The predicted octanol–water partition coefficient (Wildman–Crippen LogP) is 3.45. The number of guanidine groups is 1. The van der Waals surface area contributed by atoms with Gasteiger partial charge in [-0.1, -0.05) is 30.9 Å². The van der Waals surface area contributed by atoms with Gasteiger partial charge in [0.2, 0.25) is 0 Å². The summed E-state index contributed by atoms with van der Waals surface area (Å²) in [5.41, 5.74) is 1.74.